The van der Waals surface area contributed by atoms with E-state index >= 15 is 0 Å². The Morgan fingerprint density at radius 3 is 2.82 bits per heavy atom. The second-order valence-corrected chi connectivity index (χ2v) is 3.05. The minimum Gasteiger partial charge on any atom is -0.309 e. The monoisotopic (exact) mass is 171 g/mol. The molecule has 11 heavy (non-hydrogen) atoms. The van der Waals surface area contributed by atoms with Crippen LogP contribution in [0.2, 0.25) is 0 Å². The third kappa shape index (κ3) is 1.80. The average molecular weight is 171 g/mol. The summed E-state index contributed by atoms with van der Waals surface area (Å²) in [6.07, 6.45) is 0.856. The molecule has 60 valence electrons. The van der Waals surface area contributed by atoms with Crippen LogP contribution in [-0.4, -0.2) is 26.8 Å². The number of nitrogens with zero attached hydrogens (tertiary/aromatic N) is 3. The maximum atomic E-state index is 10.0. The van der Waals surface area contributed by atoms with Gasteiger partial charge in [-0.05, 0) is 6.92 Å². The Labute approximate surface area is 69.0 Å². The van der Waals surface area contributed by atoms with E-state index in [1.54, 1.807) is 0 Å². The number of carbonyl (C=O) groups excluding carboxylic acids is 1. The molecule has 0 bridgehead atoms. The molecule has 0 saturated carbocycles. The van der Waals surface area contributed by atoms with Crippen molar-refractivity contribution in [2.24, 2.45) is 7.05 Å². The lowest BCUT2D eigenvalue weighted by molar-refractivity contribution is -0.105. The van der Waals surface area contributed by atoms with Crippen molar-refractivity contribution in [2.75, 3.05) is 5.75 Å². The minimum atomic E-state index is 0.436. The van der Waals surface area contributed by atoms with Gasteiger partial charge in [0.1, 0.15) is 12.1 Å². The predicted octanol–water partition coefficient (Wildman–Crippen LogP) is 0.415. The summed E-state index contributed by atoms with van der Waals surface area (Å²) >= 11 is 1.39. The quantitative estimate of drug-likeness (QED) is 0.488. The second kappa shape index (κ2) is 3.52. The van der Waals surface area contributed by atoms with Crippen molar-refractivity contribution in [1.29, 1.82) is 0 Å². The molecule has 1 heterocycles. The molecular formula is C6H9N3OS. The Morgan fingerprint density at radius 1 is 1.64 bits per heavy atom. The van der Waals surface area contributed by atoms with E-state index in [2.05, 4.69) is 10.2 Å². The standard InChI is InChI=1S/C6H9N3OS/c1-5-7-8-6(9(5)2)11-4-3-10/h3H,4H2,1-2H3. The molecule has 1 aromatic rings. The smallest absolute Gasteiger partial charge is 0.191 e. The highest BCUT2D eigenvalue weighted by atomic mass is 32.2. The van der Waals surface area contributed by atoms with Crippen molar-refractivity contribution in [1.82, 2.24) is 14.8 Å². The topological polar surface area (TPSA) is 47.8 Å². The van der Waals surface area contributed by atoms with E-state index in [9.17, 15) is 4.79 Å². The van der Waals surface area contributed by atoms with Crippen molar-refractivity contribution in [3.8, 4) is 0 Å². The van der Waals surface area contributed by atoms with Crippen LogP contribution in [-0.2, 0) is 11.8 Å². The Hall–Kier alpha value is -0.840. The van der Waals surface area contributed by atoms with Gasteiger partial charge in [0.15, 0.2) is 5.16 Å². The normalized spacial score (nSPS) is 10.0. The molecule has 0 radical (unpaired) electrons. The van der Waals surface area contributed by atoms with Crippen molar-refractivity contribution in [3.63, 3.8) is 0 Å². The third-order valence-electron chi connectivity index (χ3n) is 1.33. The van der Waals surface area contributed by atoms with E-state index in [1.807, 2.05) is 18.5 Å². The summed E-state index contributed by atoms with van der Waals surface area (Å²) in [5.74, 6) is 1.30. The van der Waals surface area contributed by atoms with Gasteiger partial charge in [-0.15, -0.1) is 10.2 Å². The fourth-order valence-corrected chi connectivity index (χ4v) is 1.26. The van der Waals surface area contributed by atoms with Gasteiger partial charge >= 0.3 is 0 Å². The summed E-state index contributed by atoms with van der Waals surface area (Å²) in [4.78, 5) is 10.0. The number of thioether (sulfide) groups is 1. The number of hydrogen-bond acceptors (Lipinski definition) is 4. The molecule has 0 aromatic carbocycles. The summed E-state index contributed by atoms with van der Waals surface area (Å²) in [5, 5.41) is 8.50. The Balaban J connectivity index is 2.70. The number of carbonyl (C=O) groups is 1. The van der Waals surface area contributed by atoms with E-state index in [-0.39, 0.29) is 0 Å². The van der Waals surface area contributed by atoms with E-state index in [1.165, 1.54) is 11.8 Å². The molecule has 0 aliphatic carbocycles. The fraction of sp³-hybridized carbons (Fsp3) is 0.500. The average Bonchev–Trinajstić information content (AvgIpc) is 2.31. The molecule has 4 nitrogen and oxygen atoms in total. The van der Waals surface area contributed by atoms with Crippen LogP contribution >= 0.6 is 11.8 Å². The van der Waals surface area contributed by atoms with Crippen LogP contribution < -0.4 is 0 Å². The first-order chi connectivity index (χ1) is 5.25. The molecule has 0 saturated heterocycles. The minimum absolute atomic E-state index is 0.436. The number of aromatic nitrogens is 3. The lowest BCUT2D eigenvalue weighted by atomic mass is 10.7. The molecule has 0 spiro atoms. The Kier molecular flexibility index (Phi) is 2.64. The summed E-state index contributed by atoms with van der Waals surface area (Å²) in [6, 6.07) is 0. The molecule has 0 aliphatic heterocycles. The molecule has 0 fully saturated rings. The van der Waals surface area contributed by atoms with Gasteiger partial charge in [-0.3, -0.25) is 0 Å². The van der Waals surface area contributed by atoms with Gasteiger partial charge in [-0.2, -0.15) is 0 Å². The highest BCUT2D eigenvalue weighted by Gasteiger charge is 2.03. The molecular weight excluding hydrogens is 162 g/mol. The first-order valence-electron chi connectivity index (χ1n) is 3.18. The number of aldehydes is 1. The third-order valence-corrected chi connectivity index (χ3v) is 2.25. The first kappa shape index (κ1) is 8.26. The van der Waals surface area contributed by atoms with Crippen molar-refractivity contribution in [3.05, 3.63) is 5.82 Å². The largest absolute Gasteiger partial charge is 0.309 e. The van der Waals surface area contributed by atoms with Gasteiger partial charge < -0.3 is 9.36 Å². The van der Waals surface area contributed by atoms with Crippen LogP contribution in [0.15, 0.2) is 5.16 Å². The molecule has 0 aliphatic rings. The lowest BCUT2D eigenvalue weighted by Gasteiger charge is -1.96. The predicted molar refractivity (Wildman–Crippen MR) is 42.5 cm³/mol. The van der Waals surface area contributed by atoms with Crippen LogP contribution in [0.25, 0.3) is 0 Å². The van der Waals surface area contributed by atoms with Crippen LogP contribution in [0, 0.1) is 6.92 Å². The Bertz CT molecular complexity index is 258. The zero-order valence-corrected chi connectivity index (χ0v) is 7.26. The van der Waals surface area contributed by atoms with Crippen LogP contribution in [0.5, 0.6) is 0 Å². The van der Waals surface area contributed by atoms with E-state index in [4.69, 9.17) is 0 Å². The van der Waals surface area contributed by atoms with Gasteiger partial charge in [0, 0.05) is 7.05 Å². The zero-order valence-electron chi connectivity index (χ0n) is 6.44. The van der Waals surface area contributed by atoms with Crippen LogP contribution in [0.4, 0.5) is 0 Å². The highest BCUT2D eigenvalue weighted by molar-refractivity contribution is 7.99. The highest BCUT2D eigenvalue weighted by Crippen LogP contribution is 2.13. The lowest BCUT2D eigenvalue weighted by Crippen LogP contribution is -1.94. The molecule has 1 aromatic heterocycles. The summed E-state index contributed by atoms with van der Waals surface area (Å²) in [6.45, 7) is 1.87. The van der Waals surface area contributed by atoms with Crippen molar-refractivity contribution < 1.29 is 4.79 Å². The molecule has 5 heteroatoms. The second-order valence-electron chi connectivity index (χ2n) is 2.07. The molecule has 0 N–H and O–H groups in total. The fourth-order valence-electron chi connectivity index (χ4n) is 0.622. The Morgan fingerprint density at radius 2 is 2.36 bits per heavy atom. The van der Waals surface area contributed by atoms with Gasteiger partial charge in [-0.1, -0.05) is 11.8 Å². The van der Waals surface area contributed by atoms with Gasteiger partial charge in [0.2, 0.25) is 0 Å². The molecule has 1 rings (SSSR count). The molecule has 0 amide bonds. The summed E-state index contributed by atoms with van der Waals surface area (Å²) in [5.41, 5.74) is 0. The van der Waals surface area contributed by atoms with Gasteiger partial charge in [-0.25, -0.2) is 0 Å². The number of hydrogen-bond donors (Lipinski definition) is 0. The maximum Gasteiger partial charge on any atom is 0.191 e. The summed E-state index contributed by atoms with van der Waals surface area (Å²) in [7, 11) is 1.88. The zero-order chi connectivity index (χ0) is 8.27. The summed E-state index contributed by atoms with van der Waals surface area (Å²) < 4.78 is 1.86. The van der Waals surface area contributed by atoms with Gasteiger partial charge in [0.05, 0.1) is 5.75 Å². The van der Waals surface area contributed by atoms with E-state index < -0.39 is 0 Å². The van der Waals surface area contributed by atoms with E-state index in [0.717, 1.165) is 17.3 Å². The molecule has 0 atom stereocenters. The molecule has 0 unspecified atom stereocenters. The maximum absolute atomic E-state index is 10.0. The van der Waals surface area contributed by atoms with Crippen LogP contribution in [0.1, 0.15) is 5.82 Å². The van der Waals surface area contributed by atoms with Crippen molar-refractivity contribution >= 4 is 18.0 Å². The van der Waals surface area contributed by atoms with Crippen molar-refractivity contribution in [2.45, 2.75) is 12.1 Å². The van der Waals surface area contributed by atoms with Gasteiger partial charge in [0.25, 0.3) is 0 Å². The SMILES string of the molecule is Cc1nnc(SCC=O)n1C. The first-order valence-corrected chi connectivity index (χ1v) is 4.16. The number of rotatable bonds is 3. The van der Waals surface area contributed by atoms with E-state index in [0.29, 0.717) is 5.75 Å². The number of aryl methyl sites for hydroxylation is 1. The van der Waals surface area contributed by atoms with Crippen LogP contribution in [0.3, 0.4) is 0 Å².